The van der Waals surface area contributed by atoms with E-state index in [0.717, 1.165) is 23.6 Å². The summed E-state index contributed by atoms with van der Waals surface area (Å²) in [5.74, 6) is -2.75. The van der Waals surface area contributed by atoms with Gasteiger partial charge in [-0.3, -0.25) is 0 Å². The summed E-state index contributed by atoms with van der Waals surface area (Å²) < 4.78 is 30.0. The van der Waals surface area contributed by atoms with Gasteiger partial charge in [-0.2, -0.15) is 0 Å². The van der Waals surface area contributed by atoms with Gasteiger partial charge in [-0.15, -0.1) is 0 Å². The molecule has 1 aromatic carbocycles. The van der Waals surface area contributed by atoms with Crippen molar-refractivity contribution in [2.75, 3.05) is 6.61 Å². The molecule has 0 saturated carbocycles. The van der Waals surface area contributed by atoms with Crippen molar-refractivity contribution in [3.63, 3.8) is 0 Å². The van der Waals surface area contributed by atoms with Crippen LogP contribution < -0.4 is 0 Å². The molecule has 0 N–H and O–H groups in total. The SMILES string of the molecule is Cc1cccc(C)c1COCC(C)(F)F. The summed E-state index contributed by atoms with van der Waals surface area (Å²) in [4.78, 5) is 0. The predicted molar refractivity (Wildman–Crippen MR) is 56.2 cm³/mol. The first-order chi connectivity index (χ1) is 6.90. The molecular formula is C12H16F2O. The second kappa shape index (κ2) is 4.71. The van der Waals surface area contributed by atoms with Crippen LogP contribution in [0.25, 0.3) is 0 Å². The topological polar surface area (TPSA) is 9.23 Å². The fourth-order valence-electron chi connectivity index (χ4n) is 1.41. The van der Waals surface area contributed by atoms with Crippen LogP contribution in [0, 0.1) is 13.8 Å². The van der Waals surface area contributed by atoms with Gasteiger partial charge in [0.2, 0.25) is 0 Å². The second-order valence-electron chi connectivity index (χ2n) is 3.93. The Morgan fingerprint density at radius 2 is 1.73 bits per heavy atom. The monoisotopic (exact) mass is 214 g/mol. The third-order valence-corrected chi connectivity index (χ3v) is 2.25. The van der Waals surface area contributed by atoms with Crippen LogP contribution in [0.4, 0.5) is 8.78 Å². The fraction of sp³-hybridized carbons (Fsp3) is 0.500. The van der Waals surface area contributed by atoms with E-state index in [2.05, 4.69) is 0 Å². The summed E-state index contributed by atoms with van der Waals surface area (Å²) >= 11 is 0. The molecule has 0 bridgehead atoms. The molecule has 1 nitrogen and oxygen atoms in total. The molecule has 0 aliphatic heterocycles. The van der Waals surface area contributed by atoms with Gasteiger partial charge < -0.3 is 4.74 Å². The molecule has 0 atom stereocenters. The Kier molecular flexibility index (Phi) is 3.80. The van der Waals surface area contributed by atoms with E-state index in [4.69, 9.17) is 4.74 Å². The van der Waals surface area contributed by atoms with Crippen molar-refractivity contribution in [1.82, 2.24) is 0 Å². The number of aryl methyl sites for hydroxylation is 2. The Morgan fingerprint density at radius 1 is 1.20 bits per heavy atom. The summed E-state index contributed by atoms with van der Waals surface area (Å²) in [5.41, 5.74) is 3.16. The normalized spacial score (nSPS) is 11.8. The first-order valence-corrected chi connectivity index (χ1v) is 4.91. The van der Waals surface area contributed by atoms with Crippen LogP contribution in [0.15, 0.2) is 18.2 Å². The molecule has 0 unspecified atom stereocenters. The van der Waals surface area contributed by atoms with Gasteiger partial charge in [0, 0.05) is 6.92 Å². The molecule has 84 valence electrons. The predicted octanol–water partition coefficient (Wildman–Crippen LogP) is 3.48. The highest BCUT2D eigenvalue weighted by Crippen LogP contribution is 2.17. The maximum absolute atomic E-state index is 12.5. The zero-order valence-corrected chi connectivity index (χ0v) is 9.31. The van der Waals surface area contributed by atoms with Crippen LogP contribution >= 0.6 is 0 Å². The standard InChI is InChI=1S/C12H16F2O/c1-9-5-4-6-10(2)11(9)7-15-8-12(3,13)14/h4-6H,7-8H2,1-3H3. The van der Waals surface area contributed by atoms with Crippen LogP contribution in [0.5, 0.6) is 0 Å². The molecule has 0 fully saturated rings. The minimum Gasteiger partial charge on any atom is -0.371 e. The number of halogens is 2. The Labute approximate surface area is 89.1 Å². The minimum atomic E-state index is -2.75. The zero-order chi connectivity index (χ0) is 11.5. The number of benzene rings is 1. The van der Waals surface area contributed by atoms with Crippen molar-refractivity contribution in [3.05, 3.63) is 34.9 Å². The maximum Gasteiger partial charge on any atom is 0.268 e. The molecule has 0 aliphatic rings. The quantitative estimate of drug-likeness (QED) is 0.745. The number of hydrogen-bond acceptors (Lipinski definition) is 1. The van der Waals surface area contributed by atoms with E-state index in [0.29, 0.717) is 0 Å². The van der Waals surface area contributed by atoms with E-state index in [-0.39, 0.29) is 6.61 Å². The minimum absolute atomic E-state index is 0.252. The Morgan fingerprint density at radius 3 is 2.20 bits per heavy atom. The van der Waals surface area contributed by atoms with E-state index in [1.54, 1.807) is 0 Å². The van der Waals surface area contributed by atoms with Gasteiger partial charge in [0.25, 0.3) is 5.92 Å². The molecule has 1 rings (SSSR count). The van der Waals surface area contributed by atoms with Crippen LogP contribution in [-0.2, 0) is 11.3 Å². The van der Waals surface area contributed by atoms with Gasteiger partial charge in [0.15, 0.2) is 0 Å². The summed E-state index contributed by atoms with van der Waals surface area (Å²) in [5, 5.41) is 0. The Balaban J connectivity index is 2.58. The van der Waals surface area contributed by atoms with Crippen molar-refractivity contribution >= 4 is 0 Å². The zero-order valence-electron chi connectivity index (χ0n) is 9.31. The van der Waals surface area contributed by atoms with Crippen molar-refractivity contribution in [3.8, 4) is 0 Å². The van der Waals surface area contributed by atoms with Crippen molar-refractivity contribution in [2.24, 2.45) is 0 Å². The van der Waals surface area contributed by atoms with Gasteiger partial charge in [-0.25, -0.2) is 8.78 Å². The lowest BCUT2D eigenvalue weighted by molar-refractivity contribution is -0.0675. The molecule has 1 aromatic rings. The number of hydrogen-bond donors (Lipinski definition) is 0. The van der Waals surface area contributed by atoms with Crippen LogP contribution in [-0.4, -0.2) is 12.5 Å². The highest BCUT2D eigenvalue weighted by Gasteiger charge is 2.21. The molecule has 0 heterocycles. The van der Waals surface area contributed by atoms with E-state index in [1.807, 2.05) is 32.0 Å². The van der Waals surface area contributed by atoms with Crippen LogP contribution in [0.1, 0.15) is 23.6 Å². The summed E-state index contributed by atoms with van der Waals surface area (Å²) in [7, 11) is 0. The molecule has 0 radical (unpaired) electrons. The molecule has 0 saturated heterocycles. The second-order valence-corrected chi connectivity index (χ2v) is 3.93. The summed E-state index contributed by atoms with van der Waals surface area (Å²) in [6.07, 6.45) is 0. The molecular weight excluding hydrogens is 198 g/mol. The molecule has 0 spiro atoms. The average Bonchev–Trinajstić information content (AvgIpc) is 2.08. The molecule has 15 heavy (non-hydrogen) atoms. The molecule has 0 aromatic heterocycles. The van der Waals surface area contributed by atoms with Crippen molar-refractivity contribution < 1.29 is 13.5 Å². The van der Waals surface area contributed by atoms with E-state index < -0.39 is 12.5 Å². The number of alkyl halides is 2. The Hall–Kier alpha value is -0.960. The smallest absolute Gasteiger partial charge is 0.268 e. The van der Waals surface area contributed by atoms with E-state index >= 15 is 0 Å². The average molecular weight is 214 g/mol. The van der Waals surface area contributed by atoms with Crippen LogP contribution in [0.3, 0.4) is 0 Å². The molecule has 0 amide bonds. The summed E-state index contributed by atoms with van der Waals surface area (Å²) in [6, 6.07) is 5.86. The first-order valence-electron chi connectivity index (χ1n) is 4.91. The highest BCUT2D eigenvalue weighted by atomic mass is 19.3. The lowest BCUT2D eigenvalue weighted by Crippen LogP contribution is -2.18. The lowest BCUT2D eigenvalue weighted by atomic mass is 10.0. The maximum atomic E-state index is 12.5. The van der Waals surface area contributed by atoms with Gasteiger partial charge in [0.05, 0.1) is 6.61 Å². The van der Waals surface area contributed by atoms with Gasteiger partial charge in [-0.05, 0) is 30.5 Å². The third kappa shape index (κ3) is 3.96. The van der Waals surface area contributed by atoms with E-state index in [1.165, 1.54) is 0 Å². The molecule has 0 aliphatic carbocycles. The third-order valence-electron chi connectivity index (χ3n) is 2.25. The largest absolute Gasteiger partial charge is 0.371 e. The van der Waals surface area contributed by atoms with Gasteiger partial charge in [0.1, 0.15) is 6.61 Å². The highest BCUT2D eigenvalue weighted by molar-refractivity contribution is 5.32. The molecule has 3 heteroatoms. The lowest BCUT2D eigenvalue weighted by Gasteiger charge is -2.13. The first kappa shape index (κ1) is 12.1. The fourth-order valence-corrected chi connectivity index (χ4v) is 1.41. The van der Waals surface area contributed by atoms with Crippen LogP contribution in [0.2, 0.25) is 0 Å². The van der Waals surface area contributed by atoms with E-state index in [9.17, 15) is 8.78 Å². The number of rotatable bonds is 4. The van der Waals surface area contributed by atoms with Crippen molar-refractivity contribution in [2.45, 2.75) is 33.3 Å². The van der Waals surface area contributed by atoms with Gasteiger partial charge >= 0.3 is 0 Å². The van der Waals surface area contributed by atoms with Crippen molar-refractivity contribution in [1.29, 1.82) is 0 Å². The Bertz CT molecular complexity index is 309. The number of ether oxygens (including phenoxy) is 1. The summed E-state index contributed by atoms with van der Waals surface area (Å²) in [6.45, 7) is 4.49. The van der Waals surface area contributed by atoms with Gasteiger partial charge in [-0.1, -0.05) is 18.2 Å².